The quantitative estimate of drug-likeness (QED) is 0.631. The molecule has 6 heteroatoms. The monoisotopic (exact) mass is 375 g/mol. The predicted octanol–water partition coefficient (Wildman–Crippen LogP) is 3.35. The van der Waals surface area contributed by atoms with Crippen LogP contribution in [0.4, 0.5) is 0 Å². The summed E-state index contributed by atoms with van der Waals surface area (Å²) in [5.41, 5.74) is 1.12. The molecule has 0 radical (unpaired) electrons. The zero-order valence-electron chi connectivity index (χ0n) is 14.7. The van der Waals surface area contributed by atoms with Gasteiger partial charge in [0.25, 0.3) is 5.91 Å². The normalized spacial score (nSPS) is 10.2. The average molecular weight is 376 g/mol. The molecule has 2 aromatic rings. The molecular formula is C20H22ClNO4. The second-order valence-electron chi connectivity index (χ2n) is 5.66. The van der Waals surface area contributed by atoms with Crippen LogP contribution in [0.3, 0.4) is 0 Å². The molecule has 0 aliphatic rings. The average Bonchev–Trinajstić information content (AvgIpc) is 2.67. The number of para-hydroxylation sites is 1. The van der Waals surface area contributed by atoms with Gasteiger partial charge in [-0.05, 0) is 24.1 Å². The Morgan fingerprint density at radius 1 is 1.00 bits per heavy atom. The maximum absolute atomic E-state index is 12.6. The maximum Gasteiger partial charge on any atom is 0.307 e. The van der Waals surface area contributed by atoms with Crippen molar-refractivity contribution in [2.75, 3.05) is 26.8 Å². The highest BCUT2D eigenvalue weighted by molar-refractivity contribution is 6.32. The van der Waals surface area contributed by atoms with E-state index < -0.39 is 0 Å². The molecule has 0 bridgehead atoms. The lowest BCUT2D eigenvalue weighted by Crippen LogP contribution is -2.38. The van der Waals surface area contributed by atoms with E-state index in [0.717, 1.165) is 5.56 Å². The smallest absolute Gasteiger partial charge is 0.307 e. The molecule has 138 valence electrons. The van der Waals surface area contributed by atoms with Crippen molar-refractivity contribution in [3.05, 3.63) is 65.2 Å². The molecule has 0 saturated heterocycles. The molecule has 0 spiro atoms. The SMILES string of the molecule is COC(=O)CCN(CCc1ccccc1)C(=O)COc1ccccc1Cl. The van der Waals surface area contributed by atoms with Crippen molar-refractivity contribution in [1.29, 1.82) is 0 Å². The Kier molecular flexibility index (Phi) is 7.96. The number of halogens is 1. The first-order valence-electron chi connectivity index (χ1n) is 8.36. The van der Waals surface area contributed by atoms with Gasteiger partial charge in [-0.25, -0.2) is 0 Å². The van der Waals surface area contributed by atoms with E-state index in [1.807, 2.05) is 30.3 Å². The summed E-state index contributed by atoms with van der Waals surface area (Å²) >= 11 is 6.04. The van der Waals surface area contributed by atoms with E-state index in [2.05, 4.69) is 4.74 Å². The molecule has 0 N–H and O–H groups in total. The van der Waals surface area contributed by atoms with Gasteiger partial charge in [-0.1, -0.05) is 54.1 Å². The third-order valence-corrected chi connectivity index (χ3v) is 4.18. The lowest BCUT2D eigenvalue weighted by molar-refractivity contribution is -0.142. The van der Waals surface area contributed by atoms with E-state index in [-0.39, 0.29) is 31.4 Å². The van der Waals surface area contributed by atoms with Crippen LogP contribution in [0.2, 0.25) is 5.02 Å². The molecule has 0 heterocycles. The van der Waals surface area contributed by atoms with Crippen molar-refractivity contribution in [3.63, 3.8) is 0 Å². The first-order chi connectivity index (χ1) is 12.6. The number of hydrogen-bond donors (Lipinski definition) is 0. The van der Waals surface area contributed by atoms with Gasteiger partial charge >= 0.3 is 5.97 Å². The third kappa shape index (κ3) is 6.41. The van der Waals surface area contributed by atoms with Gasteiger partial charge < -0.3 is 14.4 Å². The summed E-state index contributed by atoms with van der Waals surface area (Å²) in [5.74, 6) is -0.0993. The highest BCUT2D eigenvalue weighted by Crippen LogP contribution is 2.23. The summed E-state index contributed by atoms with van der Waals surface area (Å²) < 4.78 is 10.2. The van der Waals surface area contributed by atoms with Crippen LogP contribution in [0.5, 0.6) is 5.75 Å². The lowest BCUT2D eigenvalue weighted by atomic mass is 10.1. The van der Waals surface area contributed by atoms with Crippen LogP contribution in [0, 0.1) is 0 Å². The number of rotatable bonds is 9. The van der Waals surface area contributed by atoms with Crippen molar-refractivity contribution in [2.24, 2.45) is 0 Å². The molecule has 0 aliphatic carbocycles. The topological polar surface area (TPSA) is 55.8 Å². The molecule has 0 unspecified atom stereocenters. The summed E-state index contributed by atoms with van der Waals surface area (Å²) in [6, 6.07) is 16.8. The second kappa shape index (κ2) is 10.5. The van der Waals surface area contributed by atoms with Crippen molar-refractivity contribution >= 4 is 23.5 Å². The molecule has 1 amide bonds. The summed E-state index contributed by atoms with van der Waals surface area (Å²) in [6.45, 7) is 0.635. The molecule has 5 nitrogen and oxygen atoms in total. The van der Waals surface area contributed by atoms with Gasteiger partial charge in [0.05, 0.1) is 18.6 Å². The lowest BCUT2D eigenvalue weighted by Gasteiger charge is -2.22. The standard InChI is InChI=1S/C20H22ClNO4/c1-25-20(24)12-14-22(13-11-16-7-3-2-4-8-16)19(23)15-26-18-10-6-5-9-17(18)21/h2-10H,11-15H2,1H3. The Labute approximate surface area is 158 Å². The number of nitrogens with zero attached hydrogens (tertiary/aromatic N) is 1. The van der Waals surface area contributed by atoms with E-state index in [1.54, 1.807) is 29.2 Å². The number of carbonyl (C=O) groups excluding carboxylic acids is 2. The summed E-state index contributed by atoms with van der Waals surface area (Å²) in [4.78, 5) is 25.6. The molecule has 0 aliphatic heterocycles. The van der Waals surface area contributed by atoms with Crippen LogP contribution in [-0.2, 0) is 20.7 Å². The number of hydrogen-bond acceptors (Lipinski definition) is 4. The Morgan fingerprint density at radius 2 is 1.69 bits per heavy atom. The fourth-order valence-corrected chi connectivity index (χ4v) is 2.58. The van der Waals surface area contributed by atoms with Crippen molar-refractivity contribution in [2.45, 2.75) is 12.8 Å². The van der Waals surface area contributed by atoms with Gasteiger partial charge in [0.1, 0.15) is 5.75 Å². The molecule has 0 saturated carbocycles. The molecule has 26 heavy (non-hydrogen) atoms. The summed E-state index contributed by atoms with van der Waals surface area (Å²) in [7, 11) is 1.33. The van der Waals surface area contributed by atoms with Crippen LogP contribution in [0.15, 0.2) is 54.6 Å². The third-order valence-electron chi connectivity index (χ3n) is 3.87. The van der Waals surface area contributed by atoms with E-state index >= 15 is 0 Å². The number of carbonyl (C=O) groups is 2. The molecular weight excluding hydrogens is 354 g/mol. The van der Waals surface area contributed by atoms with Gasteiger partial charge in [-0.2, -0.15) is 0 Å². The van der Waals surface area contributed by atoms with Gasteiger partial charge in [-0.3, -0.25) is 9.59 Å². The Balaban J connectivity index is 1.95. The molecule has 2 aromatic carbocycles. The number of benzene rings is 2. The zero-order valence-corrected chi connectivity index (χ0v) is 15.4. The van der Waals surface area contributed by atoms with E-state index in [9.17, 15) is 9.59 Å². The fourth-order valence-electron chi connectivity index (χ4n) is 2.39. The van der Waals surface area contributed by atoms with Crippen LogP contribution >= 0.6 is 11.6 Å². The number of ether oxygens (including phenoxy) is 2. The molecule has 0 aromatic heterocycles. The van der Waals surface area contributed by atoms with Crippen LogP contribution < -0.4 is 4.74 Å². The minimum absolute atomic E-state index is 0.139. The van der Waals surface area contributed by atoms with Gasteiger partial charge in [0, 0.05) is 13.1 Å². The highest BCUT2D eigenvalue weighted by Gasteiger charge is 2.16. The summed E-state index contributed by atoms with van der Waals surface area (Å²) in [5, 5.41) is 0.450. The molecule has 0 fully saturated rings. The first-order valence-corrected chi connectivity index (χ1v) is 8.74. The number of amides is 1. The van der Waals surface area contributed by atoms with Gasteiger partial charge in [0.15, 0.2) is 6.61 Å². The number of methoxy groups -OCH3 is 1. The Morgan fingerprint density at radius 3 is 2.38 bits per heavy atom. The largest absolute Gasteiger partial charge is 0.482 e. The van der Waals surface area contributed by atoms with Crippen LogP contribution in [0.1, 0.15) is 12.0 Å². The van der Waals surface area contributed by atoms with E-state index in [4.69, 9.17) is 16.3 Å². The Bertz CT molecular complexity index is 721. The van der Waals surface area contributed by atoms with Crippen molar-refractivity contribution in [3.8, 4) is 5.75 Å². The number of esters is 1. The Hall–Kier alpha value is -2.53. The minimum Gasteiger partial charge on any atom is -0.482 e. The van der Waals surface area contributed by atoms with Gasteiger partial charge in [0.2, 0.25) is 0 Å². The van der Waals surface area contributed by atoms with E-state index in [0.29, 0.717) is 23.7 Å². The van der Waals surface area contributed by atoms with Crippen molar-refractivity contribution < 1.29 is 19.1 Å². The predicted molar refractivity (Wildman–Crippen MR) is 100 cm³/mol. The fraction of sp³-hybridized carbons (Fsp3) is 0.300. The maximum atomic E-state index is 12.6. The first kappa shape index (κ1) is 19.8. The minimum atomic E-state index is -0.352. The summed E-state index contributed by atoms with van der Waals surface area (Å²) in [6.07, 6.45) is 0.836. The van der Waals surface area contributed by atoms with Crippen molar-refractivity contribution in [1.82, 2.24) is 4.90 Å². The van der Waals surface area contributed by atoms with Gasteiger partial charge in [-0.15, -0.1) is 0 Å². The highest BCUT2D eigenvalue weighted by atomic mass is 35.5. The molecule has 2 rings (SSSR count). The molecule has 0 atom stereocenters. The second-order valence-corrected chi connectivity index (χ2v) is 6.07. The van der Waals surface area contributed by atoms with Crippen LogP contribution in [0.25, 0.3) is 0 Å². The van der Waals surface area contributed by atoms with Crippen LogP contribution in [-0.4, -0.2) is 43.6 Å². The zero-order chi connectivity index (χ0) is 18.8. The van der Waals surface area contributed by atoms with E-state index in [1.165, 1.54) is 7.11 Å².